The van der Waals surface area contributed by atoms with Gasteiger partial charge in [-0.1, -0.05) is 110 Å². The van der Waals surface area contributed by atoms with Crippen molar-refractivity contribution in [3.05, 3.63) is 66.2 Å². The van der Waals surface area contributed by atoms with Crippen LogP contribution in [0.5, 0.6) is 5.75 Å². The maximum Gasteiger partial charge on any atom is 0.115 e. The fraction of sp³-hybridized carbons (Fsp3) is 0.500. The Morgan fingerprint density at radius 2 is 1.00 bits per heavy atom. The third-order valence-electron chi connectivity index (χ3n) is 2.74. The van der Waals surface area contributed by atoms with Gasteiger partial charge in [-0.3, -0.25) is 0 Å². The number of aromatic hydroxyl groups is 1. The minimum Gasteiger partial charge on any atom is -0.508 e. The Balaban J connectivity index is -0.000000133. The molecule has 1 atom stereocenters. The van der Waals surface area contributed by atoms with E-state index in [1.165, 1.54) is 18.4 Å². The molecule has 0 aromatic heterocycles. The van der Waals surface area contributed by atoms with Crippen LogP contribution in [-0.4, -0.2) is 17.3 Å². The summed E-state index contributed by atoms with van der Waals surface area (Å²) in [6, 6.07) is 19.3. The summed E-state index contributed by atoms with van der Waals surface area (Å²) < 4.78 is 0. The molecule has 2 aromatic carbocycles. The van der Waals surface area contributed by atoms with Crippen LogP contribution in [0.1, 0.15) is 79.7 Å². The third kappa shape index (κ3) is 24.5. The largest absolute Gasteiger partial charge is 0.508 e. The molecule has 0 aliphatic carbocycles. The maximum absolute atomic E-state index is 8.63. The Hall–Kier alpha value is -1.80. The molecular weight excluding hydrogens is 320 g/mol. The molecule has 2 heteroatoms. The highest BCUT2D eigenvalue weighted by molar-refractivity contribution is 5.19. The quantitative estimate of drug-likeness (QED) is 0.574. The number of hydrogen-bond acceptors (Lipinski definition) is 2. The van der Waals surface area contributed by atoms with Crippen molar-refractivity contribution < 1.29 is 10.2 Å². The first-order valence-electron chi connectivity index (χ1n) is 9.89. The number of hydrogen-bond donors (Lipinski definition) is 2. The Bertz CT molecular complexity index is 413. The number of benzene rings is 2. The van der Waals surface area contributed by atoms with Gasteiger partial charge in [-0.25, -0.2) is 0 Å². The Morgan fingerprint density at radius 1 is 0.692 bits per heavy atom. The maximum atomic E-state index is 8.63. The van der Waals surface area contributed by atoms with Crippen molar-refractivity contribution in [1.29, 1.82) is 0 Å². The fourth-order valence-corrected chi connectivity index (χ4v) is 1.45. The molecule has 0 aliphatic heterocycles. The van der Waals surface area contributed by atoms with Crippen molar-refractivity contribution in [3.8, 4) is 5.75 Å². The molecule has 0 heterocycles. The van der Waals surface area contributed by atoms with E-state index in [-0.39, 0.29) is 0 Å². The SMILES string of the molecule is CC.CC.CCC.CCC(C)c1ccccc1.CO.Oc1ccccc1. The number of rotatable bonds is 2. The highest BCUT2D eigenvalue weighted by Gasteiger charge is 1.98. The van der Waals surface area contributed by atoms with Gasteiger partial charge in [0.05, 0.1) is 0 Å². The summed E-state index contributed by atoms with van der Waals surface area (Å²) in [4.78, 5) is 0. The van der Waals surface area contributed by atoms with Crippen LogP contribution < -0.4 is 0 Å². The first-order chi connectivity index (χ1) is 12.7. The topological polar surface area (TPSA) is 40.5 Å². The van der Waals surface area contributed by atoms with E-state index < -0.39 is 0 Å². The van der Waals surface area contributed by atoms with E-state index in [4.69, 9.17) is 10.2 Å². The van der Waals surface area contributed by atoms with E-state index in [0.29, 0.717) is 11.7 Å². The number of para-hydroxylation sites is 1. The summed E-state index contributed by atoms with van der Waals surface area (Å²) in [6.07, 6.45) is 2.48. The predicted molar refractivity (Wildman–Crippen MR) is 120 cm³/mol. The van der Waals surface area contributed by atoms with Crippen LogP contribution in [0, 0.1) is 0 Å². The van der Waals surface area contributed by atoms with E-state index in [9.17, 15) is 0 Å². The molecule has 0 bridgehead atoms. The second kappa shape index (κ2) is 31.0. The second-order valence-corrected chi connectivity index (χ2v) is 4.76. The Kier molecular flexibility index (Phi) is 38.1. The lowest BCUT2D eigenvalue weighted by Gasteiger charge is -2.06. The minimum atomic E-state index is 0.322. The normalized spacial score (nSPS) is 8.69. The van der Waals surface area contributed by atoms with Crippen LogP contribution in [-0.2, 0) is 0 Å². The molecule has 0 fully saturated rings. The van der Waals surface area contributed by atoms with Gasteiger partial charge >= 0.3 is 0 Å². The smallest absolute Gasteiger partial charge is 0.115 e. The highest BCUT2D eigenvalue weighted by atomic mass is 16.3. The fourth-order valence-electron chi connectivity index (χ4n) is 1.45. The molecule has 2 rings (SSSR count). The molecule has 152 valence electrons. The lowest BCUT2D eigenvalue weighted by Crippen LogP contribution is -1.88. The van der Waals surface area contributed by atoms with Gasteiger partial charge in [-0.15, -0.1) is 0 Å². The number of phenolic OH excluding ortho intramolecular Hbond substituents is 1. The van der Waals surface area contributed by atoms with Crippen LogP contribution in [0.15, 0.2) is 60.7 Å². The second-order valence-electron chi connectivity index (χ2n) is 4.76. The van der Waals surface area contributed by atoms with Gasteiger partial charge in [-0.05, 0) is 30.0 Å². The van der Waals surface area contributed by atoms with Gasteiger partial charge in [0.1, 0.15) is 5.75 Å². The van der Waals surface area contributed by atoms with Gasteiger partial charge in [0, 0.05) is 7.11 Å². The molecule has 1 unspecified atom stereocenters. The summed E-state index contributed by atoms with van der Waals surface area (Å²) in [6.45, 7) is 16.7. The van der Waals surface area contributed by atoms with Crippen molar-refractivity contribution in [2.75, 3.05) is 7.11 Å². The third-order valence-corrected chi connectivity index (χ3v) is 2.74. The van der Waals surface area contributed by atoms with Gasteiger partial charge in [0.15, 0.2) is 0 Å². The van der Waals surface area contributed by atoms with Crippen LogP contribution in [0.3, 0.4) is 0 Å². The zero-order valence-electron chi connectivity index (χ0n) is 18.7. The zero-order valence-corrected chi connectivity index (χ0v) is 18.7. The van der Waals surface area contributed by atoms with Crippen LogP contribution in [0.2, 0.25) is 0 Å². The molecule has 0 saturated heterocycles. The van der Waals surface area contributed by atoms with Crippen molar-refractivity contribution in [3.63, 3.8) is 0 Å². The molecule has 0 aliphatic rings. The van der Waals surface area contributed by atoms with Gasteiger partial charge < -0.3 is 10.2 Å². The average Bonchev–Trinajstić information content (AvgIpc) is 2.74. The minimum absolute atomic E-state index is 0.322. The number of aliphatic hydroxyl groups is 1. The summed E-state index contributed by atoms with van der Waals surface area (Å²) in [7, 11) is 1.00. The summed E-state index contributed by atoms with van der Waals surface area (Å²) in [5.74, 6) is 1.03. The standard InChI is InChI=1S/C10H14.C6H6O.C3H8.2C2H6.CH4O/c1-3-9(2)10-7-5-4-6-8-10;7-6-4-2-1-3-5-6;1-3-2;3*1-2/h4-9H,3H2,1-2H3;1-5,7H;3H2,1-2H3;2*1-2H3;2H,1H3. The molecule has 2 aromatic rings. The molecule has 26 heavy (non-hydrogen) atoms. The Labute approximate surface area is 163 Å². The lowest BCUT2D eigenvalue weighted by molar-refractivity contribution is 0.399. The molecule has 0 spiro atoms. The monoisotopic (exact) mass is 364 g/mol. The average molecular weight is 365 g/mol. The van der Waals surface area contributed by atoms with Crippen LogP contribution >= 0.6 is 0 Å². The van der Waals surface area contributed by atoms with Crippen LogP contribution in [0.25, 0.3) is 0 Å². The zero-order chi connectivity index (χ0) is 21.2. The summed E-state index contributed by atoms with van der Waals surface area (Å²) in [5.41, 5.74) is 1.45. The molecule has 2 N–H and O–H groups in total. The van der Waals surface area contributed by atoms with Crippen molar-refractivity contribution in [2.24, 2.45) is 0 Å². The van der Waals surface area contributed by atoms with Crippen molar-refractivity contribution >= 4 is 0 Å². The van der Waals surface area contributed by atoms with Gasteiger partial charge in [0.2, 0.25) is 0 Å². The van der Waals surface area contributed by atoms with Crippen molar-refractivity contribution in [2.45, 2.75) is 74.1 Å². The molecule has 0 amide bonds. The molecule has 2 nitrogen and oxygen atoms in total. The van der Waals surface area contributed by atoms with E-state index in [1.807, 2.05) is 33.8 Å². The molecule has 0 radical (unpaired) electrons. The van der Waals surface area contributed by atoms with E-state index in [0.717, 1.165) is 7.11 Å². The molecular formula is C24H44O2. The summed E-state index contributed by atoms with van der Waals surface area (Å²) in [5, 5.41) is 15.6. The van der Waals surface area contributed by atoms with E-state index in [2.05, 4.69) is 58.0 Å². The number of phenols is 1. The first kappa shape index (κ1) is 31.9. The van der Waals surface area contributed by atoms with E-state index in [1.54, 1.807) is 24.3 Å². The number of aliphatic hydroxyl groups excluding tert-OH is 1. The summed E-state index contributed by atoms with van der Waals surface area (Å²) >= 11 is 0. The van der Waals surface area contributed by atoms with Crippen LogP contribution in [0.4, 0.5) is 0 Å². The Morgan fingerprint density at radius 3 is 1.23 bits per heavy atom. The first-order valence-corrected chi connectivity index (χ1v) is 9.89. The van der Waals surface area contributed by atoms with E-state index >= 15 is 0 Å². The lowest BCUT2D eigenvalue weighted by atomic mass is 9.99. The predicted octanol–water partition coefficient (Wildman–Crippen LogP) is 7.67. The van der Waals surface area contributed by atoms with Crippen molar-refractivity contribution in [1.82, 2.24) is 0 Å². The van der Waals surface area contributed by atoms with Gasteiger partial charge in [-0.2, -0.15) is 0 Å². The molecule has 0 saturated carbocycles. The van der Waals surface area contributed by atoms with Gasteiger partial charge in [0.25, 0.3) is 0 Å². The highest BCUT2D eigenvalue weighted by Crippen LogP contribution is 2.16.